The standard InChI is InChI=1S/C15H15NO5S/c17-14(11-7-3-1-4-8-11)13(15(18)19)16-22(20,21)12-9-5-2-6-10-12/h1-10,13-14,16-17H,(H,18,19)/t13-,14+/m1/s1. The molecule has 0 radical (unpaired) electrons. The van der Waals surface area contributed by atoms with Gasteiger partial charge in [0.1, 0.15) is 12.1 Å². The summed E-state index contributed by atoms with van der Waals surface area (Å²) < 4.78 is 26.4. The molecule has 22 heavy (non-hydrogen) atoms. The minimum atomic E-state index is -4.05. The van der Waals surface area contributed by atoms with E-state index in [0.29, 0.717) is 5.56 Å². The van der Waals surface area contributed by atoms with Crippen LogP contribution >= 0.6 is 0 Å². The van der Waals surface area contributed by atoms with Crippen molar-refractivity contribution in [1.29, 1.82) is 0 Å². The van der Waals surface area contributed by atoms with E-state index in [0.717, 1.165) is 0 Å². The molecule has 0 spiro atoms. The number of carbonyl (C=O) groups is 1. The maximum atomic E-state index is 12.2. The molecular weight excluding hydrogens is 306 g/mol. The second-order valence-electron chi connectivity index (χ2n) is 4.61. The third-order valence-corrected chi connectivity index (χ3v) is 4.52. The second-order valence-corrected chi connectivity index (χ2v) is 6.32. The van der Waals surface area contributed by atoms with Crippen molar-refractivity contribution in [3.63, 3.8) is 0 Å². The number of hydrogen-bond donors (Lipinski definition) is 3. The van der Waals surface area contributed by atoms with Crippen LogP contribution in [0.2, 0.25) is 0 Å². The van der Waals surface area contributed by atoms with E-state index >= 15 is 0 Å². The highest BCUT2D eigenvalue weighted by atomic mass is 32.2. The number of aliphatic hydroxyl groups is 1. The fourth-order valence-electron chi connectivity index (χ4n) is 1.93. The van der Waals surface area contributed by atoms with Crippen molar-refractivity contribution >= 4 is 16.0 Å². The van der Waals surface area contributed by atoms with Gasteiger partial charge in [0.15, 0.2) is 0 Å². The summed E-state index contributed by atoms with van der Waals surface area (Å²) in [6.07, 6.45) is -1.50. The maximum absolute atomic E-state index is 12.2. The Kier molecular flexibility index (Phi) is 4.92. The molecule has 0 aromatic heterocycles. The van der Waals surface area contributed by atoms with Crippen molar-refractivity contribution in [2.75, 3.05) is 0 Å². The third-order valence-electron chi connectivity index (χ3n) is 3.06. The molecule has 7 heteroatoms. The van der Waals surface area contributed by atoms with Crippen LogP contribution in [0.5, 0.6) is 0 Å². The molecule has 116 valence electrons. The Hall–Kier alpha value is -2.22. The summed E-state index contributed by atoms with van der Waals surface area (Å²) in [5.41, 5.74) is 0.311. The summed E-state index contributed by atoms with van der Waals surface area (Å²) in [7, 11) is -4.05. The van der Waals surface area contributed by atoms with Gasteiger partial charge in [-0.25, -0.2) is 8.42 Å². The van der Waals surface area contributed by atoms with E-state index in [9.17, 15) is 23.4 Å². The SMILES string of the molecule is O=C(O)[C@H](NS(=O)(=O)c1ccccc1)[C@@H](O)c1ccccc1. The summed E-state index contributed by atoms with van der Waals surface area (Å²) >= 11 is 0. The van der Waals surface area contributed by atoms with Crippen LogP contribution in [-0.2, 0) is 14.8 Å². The fourth-order valence-corrected chi connectivity index (χ4v) is 3.14. The van der Waals surface area contributed by atoms with Crippen LogP contribution in [0.3, 0.4) is 0 Å². The molecule has 0 aliphatic rings. The van der Waals surface area contributed by atoms with Gasteiger partial charge in [-0.3, -0.25) is 4.79 Å². The maximum Gasteiger partial charge on any atom is 0.324 e. The highest BCUT2D eigenvalue weighted by molar-refractivity contribution is 7.89. The normalized spacial score (nSPS) is 14.2. The van der Waals surface area contributed by atoms with E-state index in [-0.39, 0.29) is 4.90 Å². The van der Waals surface area contributed by atoms with E-state index in [1.165, 1.54) is 36.4 Å². The molecule has 6 nitrogen and oxygen atoms in total. The summed E-state index contributed by atoms with van der Waals surface area (Å²) in [6.45, 7) is 0. The number of benzene rings is 2. The smallest absolute Gasteiger partial charge is 0.324 e. The van der Waals surface area contributed by atoms with Crippen molar-refractivity contribution < 1.29 is 23.4 Å². The van der Waals surface area contributed by atoms with Gasteiger partial charge in [-0.1, -0.05) is 48.5 Å². The highest BCUT2D eigenvalue weighted by Gasteiger charge is 2.32. The Balaban J connectivity index is 2.28. The van der Waals surface area contributed by atoms with E-state index in [2.05, 4.69) is 0 Å². The van der Waals surface area contributed by atoms with Crippen LogP contribution in [-0.4, -0.2) is 30.6 Å². The lowest BCUT2D eigenvalue weighted by Gasteiger charge is -2.20. The number of carboxylic acids is 1. The molecule has 0 saturated carbocycles. The van der Waals surface area contributed by atoms with E-state index < -0.39 is 28.1 Å². The van der Waals surface area contributed by atoms with Gasteiger partial charge in [-0.2, -0.15) is 4.72 Å². The number of rotatable bonds is 6. The quantitative estimate of drug-likeness (QED) is 0.740. The van der Waals surface area contributed by atoms with Crippen LogP contribution in [0.1, 0.15) is 11.7 Å². The zero-order valence-electron chi connectivity index (χ0n) is 11.5. The summed E-state index contributed by atoms with van der Waals surface area (Å²) in [4.78, 5) is 11.3. The fraction of sp³-hybridized carbons (Fsp3) is 0.133. The molecule has 2 aromatic rings. The molecule has 0 saturated heterocycles. The molecule has 0 fully saturated rings. The Morgan fingerprint density at radius 1 is 0.955 bits per heavy atom. The highest BCUT2D eigenvalue weighted by Crippen LogP contribution is 2.19. The van der Waals surface area contributed by atoms with Gasteiger partial charge >= 0.3 is 5.97 Å². The molecule has 0 aliphatic carbocycles. The first kappa shape index (κ1) is 16.2. The van der Waals surface area contributed by atoms with Crippen LogP contribution in [0, 0.1) is 0 Å². The van der Waals surface area contributed by atoms with Crippen molar-refractivity contribution in [3.8, 4) is 0 Å². The molecule has 0 unspecified atom stereocenters. The number of sulfonamides is 1. The summed E-state index contributed by atoms with van der Waals surface area (Å²) in [5.74, 6) is -1.46. The Bertz CT molecular complexity index is 731. The number of aliphatic hydroxyl groups excluding tert-OH is 1. The molecule has 0 amide bonds. The molecule has 3 N–H and O–H groups in total. The van der Waals surface area contributed by atoms with Gasteiger partial charge in [0, 0.05) is 0 Å². The molecule has 0 heterocycles. The number of aliphatic carboxylic acids is 1. The number of hydrogen-bond acceptors (Lipinski definition) is 4. The van der Waals surface area contributed by atoms with Gasteiger partial charge in [-0.05, 0) is 17.7 Å². The molecular formula is C15H15NO5S. The van der Waals surface area contributed by atoms with Crippen LogP contribution in [0.15, 0.2) is 65.6 Å². The van der Waals surface area contributed by atoms with E-state index in [1.54, 1.807) is 24.3 Å². The zero-order chi connectivity index (χ0) is 16.2. The number of carboxylic acid groups (broad SMARTS) is 1. The van der Waals surface area contributed by atoms with Crippen molar-refractivity contribution in [2.24, 2.45) is 0 Å². The van der Waals surface area contributed by atoms with Gasteiger partial charge < -0.3 is 10.2 Å². The van der Waals surface area contributed by atoms with E-state index in [4.69, 9.17) is 0 Å². The van der Waals surface area contributed by atoms with Crippen LogP contribution in [0.25, 0.3) is 0 Å². The van der Waals surface area contributed by atoms with Crippen molar-refractivity contribution in [3.05, 3.63) is 66.2 Å². The average molecular weight is 321 g/mol. The summed E-state index contributed by atoms with van der Waals surface area (Å²) in [5, 5.41) is 19.4. The van der Waals surface area contributed by atoms with Gasteiger partial charge in [0.25, 0.3) is 0 Å². The minimum absolute atomic E-state index is 0.0680. The lowest BCUT2D eigenvalue weighted by molar-refractivity contribution is -0.141. The Labute approximate surface area is 128 Å². The molecule has 0 bridgehead atoms. The van der Waals surface area contributed by atoms with Crippen LogP contribution in [0.4, 0.5) is 0 Å². The lowest BCUT2D eigenvalue weighted by atomic mass is 10.0. The van der Waals surface area contributed by atoms with Crippen molar-refractivity contribution in [1.82, 2.24) is 4.72 Å². The molecule has 2 aromatic carbocycles. The lowest BCUT2D eigenvalue weighted by Crippen LogP contribution is -2.44. The van der Waals surface area contributed by atoms with Gasteiger partial charge in [0.05, 0.1) is 4.90 Å². The predicted octanol–water partition coefficient (Wildman–Crippen LogP) is 1.15. The zero-order valence-corrected chi connectivity index (χ0v) is 12.3. The summed E-state index contributed by atoms with van der Waals surface area (Å²) in [6, 6.07) is 13.7. The molecule has 0 aliphatic heterocycles. The largest absolute Gasteiger partial charge is 0.480 e. The molecule has 2 rings (SSSR count). The Morgan fingerprint density at radius 3 is 1.95 bits per heavy atom. The first-order valence-electron chi connectivity index (χ1n) is 6.45. The third kappa shape index (κ3) is 3.70. The van der Waals surface area contributed by atoms with E-state index in [1.807, 2.05) is 4.72 Å². The number of nitrogens with one attached hydrogen (secondary N) is 1. The average Bonchev–Trinajstić information content (AvgIpc) is 2.53. The molecule has 2 atom stereocenters. The topological polar surface area (TPSA) is 104 Å². The first-order valence-corrected chi connectivity index (χ1v) is 7.93. The monoisotopic (exact) mass is 321 g/mol. The van der Waals surface area contributed by atoms with Crippen LogP contribution < -0.4 is 4.72 Å². The first-order chi connectivity index (χ1) is 10.4. The van der Waals surface area contributed by atoms with Gasteiger partial charge in [-0.15, -0.1) is 0 Å². The minimum Gasteiger partial charge on any atom is -0.480 e. The van der Waals surface area contributed by atoms with Crippen molar-refractivity contribution in [2.45, 2.75) is 17.0 Å². The van der Waals surface area contributed by atoms with Gasteiger partial charge in [0.2, 0.25) is 10.0 Å². The second kappa shape index (κ2) is 6.69. The Morgan fingerprint density at radius 2 is 1.45 bits per heavy atom. The predicted molar refractivity (Wildman–Crippen MR) is 79.6 cm³/mol.